The van der Waals surface area contributed by atoms with Crippen LogP contribution >= 0.6 is 0 Å². The highest BCUT2D eigenvalue weighted by Gasteiger charge is 2.43. The van der Waals surface area contributed by atoms with Crippen LogP contribution in [0.5, 0.6) is 0 Å². The summed E-state index contributed by atoms with van der Waals surface area (Å²) in [5.41, 5.74) is 1.14. The summed E-state index contributed by atoms with van der Waals surface area (Å²) < 4.78 is 10.6. The Balaban J connectivity index is 1.81. The van der Waals surface area contributed by atoms with Crippen LogP contribution in [0.2, 0.25) is 0 Å². The Morgan fingerprint density at radius 1 is 1.29 bits per heavy atom. The van der Waals surface area contributed by atoms with E-state index in [1.54, 1.807) is 0 Å². The van der Waals surface area contributed by atoms with Crippen molar-refractivity contribution in [3.8, 4) is 0 Å². The molecule has 0 aliphatic carbocycles. The van der Waals surface area contributed by atoms with Gasteiger partial charge in [0.05, 0.1) is 13.2 Å². The zero-order valence-corrected chi connectivity index (χ0v) is 12.2. The van der Waals surface area contributed by atoms with Gasteiger partial charge in [-0.25, -0.2) is 4.79 Å². The van der Waals surface area contributed by atoms with Crippen molar-refractivity contribution in [1.82, 2.24) is 5.06 Å². The molecule has 21 heavy (non-hydrogen) atoms. The quantitative estimate of drug-likeness (QED) is 0.801. The number of methoxy groups -OCH3 is 1. The molecule has 0 saturated carbocycles. The van der Waals surface area contributed by atoms with E-state index >= 15 is 0 Å². The maximum Gasteiger partial charge on any atom is 0.337 e. The van der Waals surface area contributed by atoms with Crippen LogP contribution in [0.3, 0.4) is 0 Å². The van der Waals surface area contributed by atoms with Gasteiger partial charge >= 0.3 is 5.97 Å². The van der Waals surface area contributed by atoms with Gasteiger partial charge in [-0.1, -0.05) is 30.3 Å². The molecule has 0 bridgehead atoms. The predicted octanol–water partition coefficient (Wildman–Crippen LogP) is 2.43. The fourth-order valence-electron chi connectivity index (χ4n) is 2.99. The second-order valence-corrected chi connectivity index (χ2v) is 5.46. The first-order chi connectivity index (χ1) is 10.3. The zero-order valence-electron chi connectivity index (χ0n) is 12.2. The third-order valence-electron chi connectivity index (χ3n) is 4.08. The van der Waals surface area contributed by atoms with Crippen molar-refractivity contribution in [2.24, 2.45) is 0 Å². The Labute approximate surface area is 124 Å². The SMILES string of the molecule is COC(=O)C1CC(c2ccccc2)N(C2CCCCO2)O1. The number of hydroxylamine groups is 2. The first-order valence-electron chi connectivity index (χ1n) is 7.49. The number of rotatable bonds is 3. The van der Waals surface area contributed by atoms with Crippen LogP contribution in [0.15, 0.2) is 30.3 Å². The fraction of sp³-hybridized carbons (Fsp3) is 0.562. The minimum absolute atomic E-state index is 0.0263. The van der Waals surface area contributed by atoms with Crippen LogP contribution in [0.25, 0.3) is 0 Å². The molecule has 3 rings (SSSR count). The van der Waals surface area contributed by atoms with E-state index in [4.69, 9.17) is 14.3 Å². The maximum absolute atomic E-state index is 11.8. The van der Waals surface area contributed by atoms with E-state index in [0.717, 1.165) is 31.4 Å². The number of esters is 1. The summed E-state index contributed by atoms with van der Waals surface area (Å²) in [5, 5.41) is 1.86. The van der Waals surface area contributed by atoms with Gasteiger partial charge in [0.2, 0.25) is 0 Å². The van der Waals surface area contributed by atoms with Gasteiger partial charge in [-0.15, -0.1) is 0 Å². The first kappa shape index (κ1) is 14.5. The lowest BCUT2D eigenvalue weighted by Gasteiger charge is -2.33. The van der Waals surface area contributed by atoms with E-state index in [1.807, 2.05) is 23.3 Å². The molecule has 2 aliphatic rings. The highest BCUT2D eigenvalue weighted by molar-refractivity contribution is 5.74. The molecule has 3 atom stereocenters. The normalized spacial score (nSPS) is 30.2. The van der Waals surface area contributed by atoms with Gasteiger partial charge in [-0.2, -0.15) is 5.06 Å². The van der Waals surface area contributed by atoms with Crippen molar-refractivity contribution in [1.29, 1.82) is 0 Å². The van der Waals surface area contributed by atoms with Crippen molar-refractivity contribution in [3.63, 3.8) is 0 Å². The van der Waals surface area contributed by atoms with Gasteiger partial charge in [0.15, 0.2) is 6.10 Å². The van der Waals surface area contributed by atoms with Crippen LogP contribution in [-0.2, 0) is 19.1 Å². The number of ether oxygens (including phenoxy) is 2. The molecule has 0 aromatic heterocycles. The summed E-state index contributed by atoms with van der Waals surface area (Å²) in [6.07, 6.45) is 3.09. The number of nitrogens with zero attached hydrogens (tertiary/aromatic N) is 1. The third-order valence-corrected chi connectivity index (χ3v) is 4.08. The summed E-state index contributed by atoms with van der Waals surface area (Å²) in [4.78, 5) is 17.7. The summed E-state index contributed by atoms with van der Waals surface area (Å²) in [6, 6.07) is 10.1. The molecule has 1 aromatic carbocycles. The fourth-order valence-corrected chi connectivity index (χ4v) is 2.99. The Hall–Kier alpha value is -1.43. The molecule has 2 heterocycles. The lowest BCUT2D eigenvalue weighted by Crippen LogP contribution is -2.39. The first-order valence-corrected chi connectivity index (χ1v) is 7.49. The van der Waals surface area contributed by atoms with E-state index in [-0.39, 0.29) is 18.2 Å². The van der Waals surface area contributed by atoms with E-state index in [2.05, 4.69) is 12.1 Å². The number of carbonyl (C=O) groups excluding carboxylic acids is 1. The van der Waals surface area contributed by atoms with Gasteiger partial charge in [0.25, 0.3) is 0 Å². The van der Waals surface area contributed by atoms with E-state index < -0.39 is 6.10 Å². The molecule has 0 amide bonds. The minimum atomic E-state index is -0.550. The molecule has 2 aliphatic heterocycles. The van der Waals surface area contributed by atoms with Crippen molar-refractivity contribution in [3.05, 3.63) is 35.9 Å². The Morgan fingerprint density at radius 2 is 2.10 bits per heavy atom. The van der Waals surface area contributed by atoms with Crippen molar-refractivity contribution in [2.75, 3.05) is 13.7 Å². The molecule has 1 aromatic rings. The molecule has 0 N–H and O–H groups in total. The number of hydrogen-bond acceptors (Lipinski definition) is 5. The molecular formula is C16H21NO4. The molecule has 5 heteroatoms. The summed E-state index contributed by atoms with van der Waals surface area (Å²) >= 11 is 0. The summed E-state index contributed by atoms with van der Waals surface area (Å²) in [5.74, 6) is -0.325. The average Bonchev–Trinajstić information content (AvgIpc) is 3.01. The zero-order chi connectivity index (χ0) is 14.7. The van der Waals surface area contributed by atoms with E-state index in [9.17, 15) is 4.79 Å². The lowest BCUT2D eigenvalue weighted by molar-refractivity contribution is -0.265. The summed E-state index contributed by atoms with van der Waals surface area (Å²) in [6.45, 7) is 0.745. The second-order valence-electron chi connectivity index (χ2n) is 5.46. The molecule has 0 radical (unpaired) electrons. The molecular weight excluding hydrogens is 270 g/mol. The molecule has 2 fully saturated rings. The second kappa shape index (κ2) is 6.56. The largest absolute Gasteiger partial charge is 0.467 e. The van der Waals surface area contributed by atoms with Gasteiger partial charge in [-0.05, 0) is 24.8 Å². The molecule has 0 spiro atoms. The van der Waals surface area contributed by atoms with Crippen molar-refractivity contribution in [2.45, 2.75) is 44.1 Å². The topological polar surface area (TPSA) is 48.0 Å². The van der Waals surface area contributed by atoms with Crippen LogP contribution in [0.1, 0.15) is 37.3 Å². The Kier molecular flexibility index (Phi) is 4.53. The minimum Gasteiger partial charge on any atom is -0.467 e. The van der Waals surface area contributed by atoms with Crippen molar-refractivity contribution < 1.29 is 19.1 Å². The van der Waals surface area contributed by atoms with Crippen LogP contribution in [-0.4, -0.2) is 37.1 Å². The summed E-state index contributed by atoms with van der Waals surface area (Å²) in [7, 11) is 1.39. The van der Waals surface area contributed by atoms with Gasteiger partial charge in [-0.3, -0.25) is 4.84 Å². The van der Waals surface area contributed by atoms with Gasteiger partial charge in [0, 0.05) is 13.0 Å². The molecule has 5 nitrogen and oxygen atoms in total. The van der Waals surface area contributed by atoms with E-state index in [0.29, 0.717) is 6.42 Å². The predicted molar refractivity (Wildman–Crippen MR) is 76.1 cm³/mol. The number of carbonyl (C=O) groups is 1. The third kappa shape index (κ3) is 3.10. The van der Waals surface area contributed by atoms with Crippen LogP contribution in [0, 0.1) is 0 Å². The maximum atomic E-state index is 11.8. The van der Waals surface area contributed by atoms with Crippen molar-refractivity contribution >= 4 is 5.97 Å². The highest BCUT2D eigenvalue weighted by Crippen LogP contribution is 2.38. The number of hydrogen-bond donors (Lipinski definition) is 0. The standard InChI is InChI=1S/C16H21NO4/c1-19-16(18)14-11-13(12-7-3-2-4-8-12)17(21-14)15-9-5-6-10-20-15/h2-4,7-8,13-15H,5-6,9-11H2,1H3. The van der Waals surface area contributed by atoms with Crippen LogP contribution in [0.4, 0.5) is 0 Å². The van der Waals surface area contributed by atoms with E-state index in [1.165, 1.54) is 7.11 Å². The lowest BCUT2D eigenvalue weighted by atomic mass is 10.0. The number of benzene rings is 1. The van der Waals surface area contributed by atoms with Crippen LogP contribution < -0.4 is 0 Å². The average molecular weight is 291 g/mol. The molecule has 3 unspecified atom stereocenters. The highest BCUT2D eigenvalue weighted by atomic mass is 16.7. The monoisotopic (exact) mass is 291 g/mol. The Bertz CT molecular complexity index is 472. The molecule has 2 saturated heterocycles. The Morgan fingerprint density at radius 3 is 2.76 bits per heavy atom. The smallest absolute Gasteiger partial charge is 0.337 e. The molecule has 114 valence electrons. The van der Waals surface area contributed by atoms with Gasteiger partial charge < -0.3 is 9.47 Å². The van der Waals surface area contributed by atoms with Gasteiger partial charge in [0.1, 0.15) is 6.23 Å².